The van der Waals surface area contributed by atoms with Crippen LogP contribution in [0.25, 0.3) is 0 Å². The SMILES string of the molecule is COc1cc(I)cc(S)c1Br. The van der Waals surface area contributed by atoms with Gasteiger partial charge < -0.3 is 4.74 Å². The summed E-state index contributed by atoms with van der Waals surface area (Å²) in [6.07, 6.45) is 0. The van der Waals surface area contributed by atoms with Gasteiger partial charge in [0.2, 0.25) is 0 Å². The molecule has 1 aromatic rings. The molecule has 0 saturated carbocycles. The van der Waals surface area contributed by atoms with Gasteiger partial charge in [0, 0.05) is 8.47 Å². The summed E-state index contributed by atoms with van der Waals surface area (Å²) in [4.78, 5) is 0.897. The predicted molar refractivity (Wildman–Crippen MR) is 60.7 cm³/mol. The second kappa shape index (κ2) is 4.00. The fourth-order valence-electron chi connectivity index (χ4n) is 0.699. The van der Waals surface area contributed by atoms with Gasteiger partial charge in [-0.3, -0.25) is 0 Å². The van der Waals surface area contributed by atoms with Crippen LogP contribution in [0, 0.1) is 3.57 Å². The molecule has 60 valence electrons. The molecule has 0 fully saturated rings. The van der Waals surface area contributed by atoms with Crippen molar-refractivity contribution in [2.24, 2.45) is 0 Å². The Morgan fingerprint density at radius 2 is 2.18 bits per heavy atom. The highest BCUT2D eigenvalue weighted by atomic mass is 127. The molecular formula is C7H6BrIOS. The minimum Gasteiger partial charge on any atom is -0.495 e. The molecule has 0 heterocycles. The molecule has 0 aliphatic heterocycles. The molecule has 1 nitrogen and oxygen atoms in total. The lowest BCUT2D eigenvalue weighted by Gasteiger charge is -2.05. The molecule has 0 atom stereocenters. The fraction of sp³-hybridized carbons (Fsp3) is 0.143. The number of halogens is 2. The lowest BCUT2D eigenvalue weighted by molar-refractivity contribution is 0.410. The van der Waals surface area contributed by atoms with Gasteiger partial charge in [-0.2, -0.15) is 0 Å². The first kappa shape index (κ1) is 9.67. The van der Waals surface area contributed by atoms with Crippen molar-refractivity contribution in [1.82, 2.24) is 0 Å². The number of methoxy groups -OCH3 is 1. The van der Waals surface area contributed by atoms with Crippen molar-refractivity contribution < 1.29 is 4.74 Å². The topological polar surface area (TPSA) is 9.23 Å². The molecule has 0 aliphatic rings. The van der Waals surface area contributed by atoms with E-state index in [1.54, 1.807) is 7.11 Å². The first-order chi connectivity index (χ1) is 5.15. The summed E-state index contributed by atoms with van der Waals surface area (Å²) >= 11 is 9.85. The number of thiol groups is 1. The summed E-state index contributed by atoms with van der Waals surface area (Å²) in [6, 6.07) is 3.92. The Kier molecular flexibility index (Phi) is 3.52. The van der Waals surface area contributed by atoms with Crippen molar-refractivity contribution in [3.05, 3.63) is 20.2 Å². The number of hydrogen-bond donors (Lipinski definition) is 1. The molecule has 1 rings (SSSR count). The highest BCUT2D eigenvalue weighted by molar-refractivity contribution is 14.1. The van der Waals surface area contributed by atoms with Gasteiger partial charge in [-0.05, 0) is 50.7 Å². The van der Waals surface area contributed by atoms with Crippen LogP contribution in [0.15, 0.2) is 21.5 Å². The molecule has 0 aromatic heterocycles. The fourth-order valence-corrected chi connectivity index (χ4v) is 2.18. The average Bonchev–Trinajstić information content (AvgIpc) is 1.96. The minimum absolute atomic E-state index is 0.821. The van der Waals surface area contributed by atoms with E-state index in [9.17, 15) is 0 Å². The van der Waals surface area contributed by atoms with Crippen molar-refractivity contribution >= 4 is 51.1 Å². The molecule has 4 heteroatoms. The first-order valence-corrected chi connectivity index (χ1v) is 5.19. The van der Waals surface area contributed by atoms with Crippen LogP contribution >= 0.6 is 51.1 Å². The van der Waals surface area contributed by atoms with Gasteiger partial charge in [-0.25, -0.2) is 0 Å². The normalized spacial score (nSPS) is 9.82. The number of rotatable bonds is 1. The molecule has 0 aliphatic carbocycles. The Hall–Kier alpha value is 0.580. The van der Waals surface area contributed by atoms with Gasteiger partial charge in [0.15, 0.2) is 0 Å². The Balaban J connectivity index is 3.24. The largest absolute Gasteiger partial charge is 0.495 e. The summed E-state index contributed by atoms with van der Waals surface area (Å²) < 4.78 is 7.13. The zero-order chi connectivity index (χ0) is 8.43. The van der Waals surface area contributed by atoms with E-state index < -0.39 is 0 Å². The Morgan fingerprint density at radius 1 is 1.55 bits per heavy atom. The molecule has 0 bridgehead atoms. The van der Waals surface area contributed by atoms with Crippen LogP contribution in [0.5, 0.6) is 5.75 Å². The van der Waals surface area contributed by atoms with Crippen LogP contribution < -0.4 is 4.74 Å². The number of benzene rings is 1. The van der Waals surface area contributed by atoms with Gasteiger partial charge in [-0.1, -0.05) is 0 Å². The zero-order valence-electron chi connectivity index (χ0n) is 5.77. The average molecular weight is 345 g/mol. The molecule has 0 unspecified atom stereocenters. The van der Waals surface area contributed by atoms with Crippen LogP contribution in [-0.2, 0) is 0 Å². The minimum atomic E-state index is 0.821. The third-order valence-electron chi connectivity index (χ3n) is 1.20. The van der Waals surface area contributed by atoms with Gasteiger partial charge in [0.1, 0.15) is 5.75 Å². The van der Waals surface area contributed by atoms with E-state index in [1.165, 1.54) is 0 Å². The number of hydrogen-bond acceptors (Lipinski definition) is 2. The maximum atomic E-state index is 5.11. The van der Waals surface area contributed by atoms with Gasteiger partial charge >= 0.3 is 0 Å². The highest BCUT2D eigenvalue weighted by Crippen LogP contribution is 2.32. The van der Waals surface area contributed by atoms with E-state index in [2.05, 4.69) is 51.1 Å². The van der Waals surface area contributed by atoms with Crippen LogP contribution in [0.1, 0.15) is 0 Å². The van der Waals surface area contributed by atoms with Crippen LogP contribution in [-0.4, -0.2) is 7.11 Å². The summed E-state index contributed by atoms with van der Waals surface area (Å²) in [5, 5.41) is 0. The molecular weight excluding hydrogens is 339 g/mol. The Morgan fingerprint density at radius 3 is 2.73 bits per heavy atom. The standard InChI is InChI=1S/C7H6BrIOS/c1-10-5-2-4(9)3-6(11)7(5)8/h2-3,11H,1H3. The van der Waals surface area contributed by atoms with E-state index in [1.807, 2.05) is 12.1 Å². The Bertz CT molecular complexity index is 277. The number of ether oxygens (including phenoxy) is 1. The molecule has 1 aromatic carbocycles. The third-order valence-corrected chi connectivity index (χ3v) is 3.30. The summed E-state index contributed by atoms with van der Waals surface area (Å²) in [5.74, 6) is 0.821. The third kappa shape index (κ3) is 2.26. The lowest BCUT2D eigenvalue weighted by atomic mass is 10.3. The van der Waals surface area contributed by atoms with E-state index in [4.69, 9.17) is 4.74 Å². The van der Waals surface area contributed by atoms with Crippen LogP contribution in [0.3, 0.4) is 0 Å². The maximum Gasteiger partial charge on any atom is 0.135 e. The molecule has 0 spiro atoms. The molecule has 0 radical (unpaired) electrons. The van der Waals surface area contributed by atoms with Crippen molar-refractivity contribution in [3.8, 4) is 5.75 Å². The van der Waals surface area contributed by atoms with Crippen molar-refractivity contribution in [1.29, 1.82) is 0 Å². The summed E-state index contributed by atoms with van der Waals surface area (Å²) in [5.41, 5.74) is 0. The predicted octanol–water partition coefficient (Wildman–Crippen LogP) is 3.35. The maximum absolute atomic E-state index is 5.11. The monoisotopic (exact) mass is 344 g/mol. The second-order valence-electron chi connectivity index (χ2n) is 1.94. The lowest BCUT2D eigenvalue weighted by Crippen LogP contribution is -1.86. The smallest absolute Gasteiger partial charge is 0.135 e. The van der Waals surface area contributed by atoms with Crippen molar-refractivity contribution in [3.63, 3.8) is 0 Å². The summed E-state index contributed by atoms with van der Waals surface area (Å²) in [7, 11) is 1.64. The quantitative estimate of drug-likeness (QED) is 0.607. The van der Waals surface area contributed by atoms with E-state index >= 15 is 0 Å². The molecule has 0 amide bonds. The van der Waals surface area contributed by atoms with Gasteiger partial charge in [0.25, 0.3) is 0 Å². The molecule has 11 heavy (non-hydrogen) atoms. The zero-order valence-corrected chi connectivity index (χ0v) is 10.4. The van der Waals surface area contributed by atoms with E-state index in [0.717, 1.165) is 18.7 Å². The van der Waals surface area contributed by atoms with Crippen molar-refractivity contribution in [2.75, 3.05) is 7.11 Å². The van der Waals surface area contributed by atoms with Crippen LogP contribution in [0.2, 0.25) is 0 Å². The van der Waals surface area contributed by atoms with Crippen molar-refractivity contribution in [2.45, 2.75) is 4.90 Å². The Labute approximate surface area is 93.2 Å². The van der Waals surface area contributed by atoms with Crippen LogP contribution in [0.4, 0.5) is 0 Å². The van der Waals surface area contributed by atoms with E-state index in [-0.39, 0.29) is 0 Å². The molecule has 0 saturated heterocycles. The molecule has 0 N–H and O–H groups in total. The second-order valence-corrected chi connectivity index (χ2v) is 4.46. The van der Waals surface area contributed by atoms with Gasteiger partial charge in [-0.15, -0.1) is 12.6 Å². The van der Waals surface area contributed by atoms with E-state index in [0.29, 0.717) is 0 Å². The first-order valence-electron chi connectivity index (χ1n) is 2.87. The highest BCUT2D eigenvalue weighted by Gasteiger charge is 2.04. The van der Waals surface area contributed by atoms with Gasteiger partial charge in [0.05, 0.1) is 11.6 Å². The summed E-state index contributed by atoms with van der Waals surface area (Å²) in [6.45, 7) is 0.